The van der Waals surface area contributed by atoms with Crippen LogP contribution in [0, 0.1) is 5.82 Å². The number of hydrogen-bond donors (Lipinski definition) is 2. The first-order valence-electron chi connectivity index (χ1n) is 9.80. The largest absolute Gasteiger partial charge is 0.507 e. The number of hydrogen-bond acceptors (Lipinski definition) is 4. The van der Waals surface area contributed by atoms with Crippen LogP contribution in [-0.2, 0) is 9.59 Å². The lowest BCUT2D eigenvalue weighted by atomic mass is 9.95. The van der Waals surface area contributed by atoms with Gasteiger partial charge in [-0.3, -0.25) is 9.59 Å². The molecule has 0 radical (unpaired) electrons. The number of aliphatic hydroxyl groups excluding tert-OH is 1. The Labute approximate surface area is 175 Å². The fourth-order valence-electron chi connectivity index (χ4n) is 3.64. The van der Waals surface area contributed by atoms with Crippen molar-refractivity contribution in [2.75, 3.05) is 34.3 Å². The second-order valence-corrected chi connectivity index (χ2v) is 7.59. The standard InChI is InChI=1S/C23H25FN2O4/c1-25(2)12-5-13-26-20(16-6-4-7-18(14-16)30-3)19(22(28)23(26)29)21(27)15-8-10-17(24)11-9-15/h4,6-11,14,20,27H,5,12-13H2,1-3H3/p+1/t20-/m1/s1. The van der Waals surface area contributed by atoms with Gasteiger partial charge in [-0.15, -0.1) is 0 Å². The molecule has 2 aromatic rings. The number of methoxy groups -OCH3 is 1. The molecule has 0 aliphatic carbocycles. The van der Waals surface area contributed by atoms with Crippen molar-refractivity contribution in [2.24, 2.45) is 0 Å². The molecular formula is C23H26FN2O4+. The molecule has 0 spiro atoms. The van der Waals surface area contributed by atoms with Crippen LogP contribution in [0.4, 0.5) is 4.39 Å². The van der Waals surface area contributed by atoms with Gasteiger partial charge in [0.2, 0.25) is 0 Å². The van der Waals surface area contributed by atoms with Gasteiger partial charge < -0.3 is 19.6 Å². The zero-order chi connectivity index (χ0) is 21.8. The number of rotatable bonds is 7. The van der Waals surface area contributed by atoms with Crippen molar-refractivity contribution in [1.29, 1.82) is 0 Å². The van der Waals surface area contributed by atoms with Gasteiger partial charge in [-0.25, -0.2) is 4.39 Å². The Morgan fingerprint density at radius 3 is 2.50 bits per heavy atom. The molecule has 1 heterocycles. The Bertz CT molecular complexity index is 969. The van der Waals surface area contributed by atoms with E-state index < -0.39 is 23.5 Å². The molecular weight excluding hydrogens is 387 g/mol. The molecule has 2 aromatic carbocycles. The Balaban J connectivity index is 2.10. The van der Waals surface area contributed by atoms with Gasteiger partial charge in [0.05, 0.1) is 39.4 Å². The number of nitrogens with zero attached hydrogens (tertiary/aromatic N) is 1. The summed E-state index contributed by atoms with van der Waals surface area (Å²) in [5, 5.41) is 10.9. The summed E-state index contributed by atoms with van der Waals surface area (Å²) in [7, 11) is 5.57. The van der Waals surface area contributed by atoms with E-state index in [1.54, 1.807) is 24.3 Å². The van der Waals surface area contributed by atoms with Gasteiger partial charge in [-0.1, -0.05) is 12.1 Å². The maximum Gasteiger partial charge on any atom is 0.295 e. The van der Waals surface area contributed by atoms with Crippen molar-refractivity contribution in [3.8, 4) is 5.75 Å². The summed E-state index contributed by atoms with van der Waals surface area (Å²) in [6.45, 7) is 1.20. The third-order valence-electron chi connectivity index (χ3n) is 5.14. The fourth-order valence-corrected chi connectivity index (χ4v) is 3.64. The summed E-state index contributed by atoms with van der Waals surface area (Å²) < 4.78 is 18.6. The maximum absolute atomic E-state index is 13.3. The third-order valence-corrected chi connectivity index (χ3v) is 5.14. The third kappa shape index (κ3) is 4.36. The molecule has 1 saturated heterocycles. The number of quaternary nitrogens is 1. The summed E-state index contributed by atoms with van der Waals surface area (Å²) >= 11 is 0. The summed E-state index contributed by atoms with van der Waals surface area (Å²) in [6, 6.07) is 11.5. The number of likely N-dealkylation sites (tertiary alicyclic amines) is 1. The number of carbonyl (C=O) groups excluding carboxylic acids is 2. The van der Waals surface area contributed by atoms with Crippen LogP contribution in [0.25, 0.3) is 5.76 Å². The van der Waals surface area contributed by atoms with E-state index in [9.17, 15) is 19.1 Å². The van der Waals surface area contributed by atoms with Crippen LogP contribution in [0.3, 0.4) is 0 Å². The highest BCUT2D eigenvalue weighted by Crippen LogP contribution is 2.40. The quantitative estimate of drug-likeness (QED) is 0.413. The van der Waals surface area contributed by atoms with Crippen LogP contribution in [0.1, 0.15) is 23.6 Å². The average Bonchev–Trinajstić information content (AvgIpc) is 2.98. The molecule has 2 N–H and O–H groups in total. The number of ether oxygens (including phenoxy) is 1. The van der Waals surface area contributed by atoms with E-state index in [1.165, 1.54) is 41.2 Å². The first-order valence-corrected chi connectivity index (χ1v) is 9.80. The average molecular weight is 413 g/mol. The summed E-state index contributed by atoms with van der Waals surface area (Å²) in [5.74, 6) is -1.59. The van der Waals surface area contributed by atoms with E-state index in [0.717, 1.165) is 6.54 Å². The molecule has 3 rings (SSSR count). The van der Waals surface area contributed by atoms with Crippen molar-refractivity contribution in [3.63, 3.8) is 0 Å². The zero-order valence-corrected chi connectivity index (χ0v) is 17.3. The predicted octanol–water partition coefficient (Wildman–Crippen LogP) is 1.79. The number of Topliss-reactive ketones (excluding diaryl/α,β-unsaturated/α-hetero) is 1. The molecule has 0 saturated carbocycles. The second-order valence-electron chi connectivity index (χ2n) is 7.59. The Morgan fingerprint density at radius 1 is 1.17 bits per heavy atom. The van der Waals surface area contributed by atoms with Crippen LogP contribution in [0.15, 0.2) is 54.1 Å². The zero-order valence-electron chi connectivity index (χ0n) is 17.3. The van der Waals surface area contributed by atoms with Crippen molar-refractivity contribution in [1.82, 2.24) is 4.90 Å². The van der Waals surface area contributed by atoms with Crippen molar-refractivity contribution >= 4 is 17.4 Å². The molecule has 0 aromatic heterocycles. The molecule has 1 atom stereocenters. The van der Waals surface area contributed by atoms with Crippen LogP contribution in [-0.4, -0.2) is 56.0 Å². The molecule has 6 nitrogen and oxygen atoms in total. The number of nitrogens with one attached hydrogen (secondary N) is 1. The highest BCUT2D eigenvalue weighted by molar-refractivity contribution is 6.46. The number of benzene rings is 2. The van der Waals surface area contributed by atoms with E-state index in [2.05, 4.69) is 0 Å². The van der Waals surface area contributed by atoms with E-state index >= 15 is 0 Å². The van der Waals surface area contributed by atoms with Gasteiger partial charge in [-0.2, -0.15) is 0 Å². The Hall–Kier alpha value is -3.19. The topological polar surface area (TPSA) is 71.3 Å². The number of halogens is 1. The van der Waals surface area contributed by atoms with Gasteiger partial charge in [0, 0.05) is 18.5 Å². The van der Waals surface area contributed by atoms with Gasteiger partial charge in [-0.05, 0) is 42.0 Å². The first-order chi connectivity index (χ1) is 14.3. The molecule has 1 amide bonds. The van der Waals surface area contributed by atoms with E-state index in [0.29, 0.717) is 24.3 Å². The second kappa shape index (κ2) is 9.09. The monoisotopic (exact) mass is 413 g/mol. The highest BCUT2D eigenvalue weighted by Gasteiger charge is 2.45. The molecule has 1 aliphatic heterocycles. The number of ketones is 1. The fraction of sp³-hybridized carbons (Fsp3) is 0.304. The summed E-state index contributed by atoms with van der Waals surface area (Å²) in [6.07, 6.45) is 0.701. The number of aliphatic hydroxyl groups is 1. The van der Waals surface area contributed by atoms with Crippen molar-refractivity contribution in [3.05, 3.63) is 71.0 Å². The van der Waals surface area contributed by atoms with Gasteiger partial charge in [0.15, 0.2) is 0 Å². The van der Waals surface area contributed by atoms with Crippen molar-refractivity contribution in [2.45, 2.75) is 12.5 Å². The summed E-state index contributed by atoms with van der Waals surface area (Å²) in [5.41, 5.74) is 0.937. The normalized spacial score (nSPS) is 18.3. The Kier molecular flexibility index (Phi) is 6.52. The Morgan fingerprint density at radius 2 is 1.87 bits per heavy atom. The minimum Gasteiger partial charge on any atom is -0.507 e. The van der Waals surface area contributed by atoms with E-state index in [1.807, 2.05) is 14.1 Å². The number of carbonyl (C=O) groups is 2. The highest BCUT2D eigenvalue weighted by atomic mass is 19.1. The van der Waals surface area contributed by atoms with Gasteiger partial charge in [0.1, 0.15) is 17.3 Å². The smallest absolute Gasteiger partial charge is 0.295 e. The predicted molar refractivity (Wildman–Crippen MR) is 111 cm³/mol. The molecule has 0 bridgehead atoms. The number of amides is 1. The SMILES string of the molecule is COc1cccc([C@@H]2C(=C(O)c3ccc(F)cc3)C(=O)C(=O)N2CCC[NH+](C)C)c1. The van der Waals surface area contributed by atoms with Crippen LogP contribution in [0.2, 0.25) is 0 Å². The molecule has 0 unspecified atom stereocenters. The summed E-state index contributed by atoms with van der Waals surface area (Å²) in [4.78, 5) is 28.5. The van der Waals surface area contributed by atoms with Gasteiger partial charge >= 0.3 is 0 Å². The van der Waals surface area contributed by atoms with Crippen LogP contribution in [0.5, 0.6) is 5.75 Å². The van der Waals surface area contributed by atoms with E-state index in [-0.39, 0.29) is 16.9 Å². The van der Waals surface area contributed by atoms with Crippen molar-refractivity contribution < 1.29 is 28.7 Å². The maximum atomic E-state index is 13.3. The molecule has 30 heavy (non-hydrogen) atoms. The lowest BCUT2D eigenvalue weighted by molar-refractivity contribution is -0.858. The minimum atomic E-state index is -0.748. The van der Waals surface area contributed by atoms with Crippen LogP contribution >= 0.6 is 0 Å². The lowest BCUT2D eigenvalue weighted by Crippen LogP contribution is -3.05. The van der Waals surface area contributed by atoms with Crippen LogP contribution < -0.4 is 9.64 Å². The molecule has 1 fully saturated rings. The molecule has 158 valence electrons. The molecule has 7 heteroatoms. The molecule has 1 aliphatic rings. The van der Waals surface area contributed by atoms with Gasteiger partial charge in [0.25, 0.3) is 11.7 Å². The lowest BCUT2D eigenvalue weighted by Gasteiger charge is -2.25. The first kappa shape index (κ1) is 21.5. The minimum absolute atomic E-state index is 0.00272. The van der Waals surface area contributed by atoms with E-state index in [4.69, 9.17) is 4.74 Å².